The van der Waals surface area contributed by atoms with E-state index in [0.29, 0.717) is 43.9 Å². The highest BCUT2D eigenvalue weighted by atomic mass is 16.3. The Morgan fingerprint density at radius 2 is 1.87 bits per heavy atom. The fraction of sp³-hybridized carbons (Fsp3) is 0.714. The van der Waals surface area contributed by atoms with E-state index in [4.69, 9.17) is 0 Å². The molecule has 172 valence electrons. The molecule has 5 atom stereocenters. The van der Waals surface area contributed by atoms with Gasteiger partial charge >= 0.3 is 0 Å². The Labute approximate surface area is 189 Å². The van der Waals surface area contributed by atoms with Crippen molar-refractivity contribution in [3.8, 4) is 11.8 Å². The zero-order valence-electron chi connectivity index (χ0n) is 20.0. The van der Waals surface area contributed by atoms with Crippen LogP contribution in [-0.4, -0.2) is 33.1 Å². The molecule has 3 aliphatic carbocycles. The monoisotopic (exact) mass is 426 g/mol. The van der Waals surface area contributed by atoms with Crippen molar-refractivity contribution in [2.75, 3.05) is 0 Å². The van der Waals surface area contributed by atoms with Crippen LogP contribution in [-0.2, 0) is 0 Å². The van der Waals surface area contributed by atoms with Crippen LogP contribution in [0.25, 0.3) is 0 Å². The summed E-state index contributed by atoms with van der Waals surface area (Å²) < 4.78 is 0. The summed E-state index contributed by atoms with van der Waals surface area (Å²) in [5.41, 5.74) is 3.59. The molecule has 3 rings (SSSR count). The van der Waals surface area contributed by atoms with E-state index in [0.717, 1.165) is 19.3 Å². The summed E-state index contributed by atoms with van der Waals surface area (Å²) in [7, 11) is 0. The summed E-state index contributed by atoms with van der Waals surface area (Å²) in [5.74, 6) is 7.37. The molecule has 0 saturated heterocycles. The number of allylic oxidation sites excluding steroid dienone is 5. The predicted molar refractivity (Wildman–Crippen MR) is 127 cm³/mol. The lowest BCUT2D eigenvalue weighted by molar-refractivity contribution is 0.0609. The molecule has 0 radical (unpaired) electrons. The number of rotatable bonds is 5. The maximum Gasteiger partial charge on any atom is 0.125 e. The third-order valence-corrected chi connectivity index (χ3v) is 8.11. The van der Waals surface area contributed by atoms with E-state index in [2.05, 4.69) is 43.9 Å². The first-order valence-corrected chi connectivity index (χ1v) is 12.4. The molecule has 3 nitrogen and oxygen atoms in total. The highest BCUT2D eigenvalue weighted by Crippen LogP contribution is 2.56. The molecule has 0 bridgehead atoms. The Morgan fingerprint density at radius 1 is 1.19 bits per heavy atom. The van der Waals surface area contributed by atoms with Crippen molar-refractivity contribution < 1.29 is 15.3 Å². The van der Waals surface area contributed by atoms with Crippen molar-refractivity contribution in [2.24, 2.45) is 17.3 Å². The second-order valence-electron chi connectivity index (χ2n) is 10.4. The first kappa shape index (κ1) is 24.3. The lowest BCUT2D eigenvalue weighted by Crippen LogP contribution is -2.32. The number of aliphatic hydroxyl groups is 3. The van der Waals surface area contributed by atoms with Gasteiger partial charge in [0.25, 0.3) is 0 Å². The first-order chi connectivity index (χ1) is 14.7. The summed E-state index contributed by atoms with van der Waals surface area (Å²) in [6.07, 6.45) is 14.8. The minimum atomic E-state index is -0.843. The summed E-state index contributed by atoms with van der Waals surface area (Å²) in [6.45, 7) is 8.71. The average molecular weight is 427 g/mol. The molecule has 0 aliphatic heterocycles. The quantitative estimate of drug-likeness (QED) is 0.404. The molecule has 0 aromatic carbocycles. The van der Waals surface area contributed by atoms with Gasteiger partial charge in [0.15, 0.2) is 0 Å². The van der Waals surface area contributed by atoms with Gasteiger partial charge in [-0.15, -0.1) is 0 Å². The fourth-order valence-corrected chi connectivity index (χ4v) is 6.05. The molecule has 31 heavy (non-hydrogen) atoms. The van der Waals surface area contributed by atoms with Crippen LogP contribution in [0, 0.1) is 29.1 Å². The van der Waals surface area contributed by atoms with Gasteiger partial charge in [0.1, 0.15) is 5.60 Å². The maximum atomic E-state index is 10.4. The van der Waals surface area contributed by atoms with E-state index in [1.165, 1.54) is 24.0 Å². The lowest BCUT2D eigenvalue weighted by atomic mass is 9.62. The van der Waals surface area contributed by atoms with Crippen LogP contribution in [0.2, 0.25) is 0 Å². The third-order valence-electron chi connectivity index (χ3n) is 8.11. The van der Waals surface area contributed by atoms with Crippen LogP contribution in [0.3, 0.4) is 0 Å². The summed E-state index contributed by atoms with van der Waals surface area (Å²) >= 11 is 0. The van der Waals surface area contributed by atoms with Crippen molar-refractivity contribution in [3.05, 3.63) is 34.9 Å². The van der Waals surface area contributed by atoms with Gasteiger partial charge in [-0.05, 0) is 75.0 Å². The molecular weight excluding hydrogens is 384 g/mol. The van der Waals surface area contributed by atoms with E-state index >= 15 is 0 Å². The molecule has 3 heteroatoms. The standard InChI is InChI=1S/C28H42O3/c1-5-28(31,6-2)16-7-9-20(3)25-13-14-26-22(10-8-15-27(25,26)4)12-11-21-17-23(29)19-24(30)18-21/h11-13,20,23-24,26,29-31H,5-6,8-10,14-15,17-19H2,1-4H3/t20?,23-,24?,26?,27-/m1/s1. The van der Waals surface area contributed by atoms with Gasteiger partial charge in [0, 0.05) is 6.42 Å². The van der Waals surface area contributed by atoms with E-state index < -0.39 is 17.8 Å². The second-order valence-corrected chi connectivity index (χ2v) is 10.4. The van der Waals surface area contributed by atoms with Crippen molar-refractivity contribution >= 4 is 0 Å². The molecule has 3 N–H and O–H groups in total. The zero-order valence-corrected chi connectivity index (χ0v) is 20.0. The molecule has 0 spiro atoms. The normalized spacial score (nSPS) is 34.8. The second kappa shape index (κ2) is 10.1. The first-order valence-electron chi connectivity index (χ1n) is 12.4. The summed E-state index contributed by atoms with van der Waals surface area (Å²) in [4.78, 5) is 0. The van der Waals surface area contributed by atoms with Crippen LogP contribution < -0.4 is 0 Å². The Balaban J connectivity index is 1.71. The van der Waals surface area contributed by atoms with Crippen molar-refractivity contribution in [2.45, 2.75) is 110 Å². The van der Waals surface area contributed by atoms with Gasteiger partial charge in [-0.2, -0.15) is 0 Å². The van der Waals surface area contributed by atoms with E-state index in [9.17, 15) is 15.3 Å². The van der Waals surface area contributed by atoms with Gasteiger partial charge in [-0.3, -0.25) is 0 Å². The van der Waals surface area contributed by atoms with Gasteiger partial charge in [-0.25, -0.2) is 0 Å². The number of fused-ring (bicyclic) bond motifs is 1. The van der Waals surface area contributed by atoms with Crippen LogP contribution in [0.15, 0.2) is 34.9 Å². The molecule has 2 saturated carbocycles. The molecule has 3 aliphatic rings. The zero-order chi connectivity index (χ0) is 22.6. The van der Waals surface area contributed by atoms with Crippen LogP contribution >= 0.6 is 0 Å². The van der Waals surface area contributed by atoms with Gasteiger partial charge in [0.2, 0.25) is 0 Å². The highest BCUT2D eigenvalue weighted by Gasteiger charge is 2.45. The van der Waals surface area contributed by atoms with Crippen LogP contribution in [0.4, 0.5) is 0 Å². The third kappa shape index (κ3) is 5.54. The summed E-state index contributed by atoms with van der Waals surface area (Å²) in [5, 5.41) is 30.4. The smallest absolute Gasteiger partial charge is 0.125 e. The maximum absolute atomic E-state index is 10.4. The minimum Gasteiger partial charge on any atom is -0.393 e. The Bertz CT molecular complexity index is 777. The minimum absolute atomic E-state index is 0.196. The SMILES string of the molecule is CCC(O)(C#CCC(C)C1=CCC2C(=CC=C3CC(O)C[C@H](O)C3)CCC[C@]12C)CC. The van der Waals surface area contributed by atoms with E-state index in [1.54, 1.807) is 5.57 Å². The van der Waals surface area contributed by atoms with E-state index in [-0.39, 0.29) is 5.41 Å². The van der Waals surface area contributed by atoms with Crippen LogP contribution in [0.5, 0.6) is 0 Å². The van der Waals surface area contributed by atoms with Crippen molar-refractivity contribution in [1.82, 2.24) is 0 Å². The van der Waals surface area contributed by atoms with Crippen molar-refractivity contribution in [1.29, 1.82) is 0 Å². The molecule has 3 unspecified atom stereocenters. The van der Waals surface area contributed by atoms with Gasteiger partial charge in [-0.1, -0.05) is 74.5 Å². The van der Waals surface area contributed by atoms with E-state index in [1.807, 2.05) is 13.8 Å². The van der Waals surface area contributed by atoms with Crippen molar-refractivity contribution in [3.63, 3.8) is 0 Å². The predicted octanol–water partition coefficient (Wildman–Crippen LogP) is 5.46. The number of aliphatic hydroxyl groups excluding tert-OH is 2. The molecule has 0 amide bonds. The number of hydrogen-bond donors (Lipinski definition) is 3. The molecule has 0 aromatic heterocycles. The fourth-order valence-electron chi connectivity index (χ4n) is 6.05. The Morgan fingerprint density at radius 3 is 2.52 bits per heavy atom. The topological polar surface area (TPSA) is 60.7 Å². The molecule has 0 heterocycles. The average Bonchev–Trinajstić information content (AvgIpc) is 3.09. The molecule has 0 aromatic rings. The van der Waals surface area contributed by atoms with Gasteiger partial charge in [0.05, 0.1) is 12.2 Å². The Hall–Kier alpha value is -1.34. The molecular formula is C28H42O3. The van der Waals surface area contributed by atoms with Gasteiger partial charge < -0.3 is 15.3 Å². The summed E-state index contributed by atoms with van der Waals surface area (Å²) in [6, 6.07) is 0. The van der Waals surface area contributed by atoms with Crippen LogP contribution in [0.1, 0.15) is 91.9 Å². The highest BCUT2D eigenvalue weighted by molar-refractivity contribution is 5.35. The largest absolute Gasteiger partial charge is 0.393 e. The number of hydrogen-bond acceptors (Lipinski definition) is 3. The molecule has 2 fully saturated rings. The Kier molecular flexibility index (Phi) is 7.90. The lowest BCUT2D eigenvalue weighted by Gasteiger charge is -2.42.